The van der Waals surface area contributed by atoms with E-state index in [9.17, 15) is 0 Å². The van der Waals surface area contributed by atoms with Crippen molar-refractivity contribution >= 4 is 6.88 Å². The monoisotopic (exact) mass is 336 g/mol. The Labute approximate surface area is 132 Å². The van der Waals surface area contributed by atoms with Crippen molar-refractivity contribution < 1.29 is 23.3 Å². The standard InChI is InChI=1S/C9H13.C5H5.2CH3.H2Si.Zr/c1-2-3-6-9-7-4-5-8-9;1-2-4-5-3-1;;;;/h4,7H,2-3,5-6H2,1H3;1-3H,4H2;2*1H3;1H2;/q4*-1;;. The molecule has 0 aromatic carbocycles. The van der Waals surface area contributed by atoms with Crippen LogP contribution in [0.2, 0.25) is 0 Å². The van der Waals surface area contributed by atoms with Gasteiger partial charge in [0.15, 0.2) is 0 Å². The first-order valence-electron chi connectivity index (χ1n) is 5.77. The fraction of sp³-hybridized carbons (Fsp3) is 0.375. The molecule has 0 radical (unpaired) electrons. The molecular formula is C16H26SiZr-4. The maximum absolute atomic E-state index is 3.30. The van der Waals surface area contributed by atoms with Crippen LogP contribution in [-0.2, 0) is 23.3 Å². The van der Waals surface area contributed by atoms with Gasteiger partial charge in [-0.15, -0.1) is 12.8 Å². The summed E-state index contributed by atoms with van der Waals surface area (Å²) in [5.41, 5.74) is 1.41. The predicted molar refractivity (Wildman–Crippen MR) is 83.0 cm³/mol. The molecule has 2 rings (SSSR count). The Kier molecular flexibility index (Phi) is 25.0. The summed E-state index contributed by atoms with van der Waals surface area (Å²) in [6, 6.07) is 0. The van der Waals surface area contributed by atoms with Gasteiger partial charge in [0, 0.05) is 0 Å². The van der Waals surface area contributed by atoms with Crippen molar-refractivity contribution in [2.75, 3.05) is 0 Å². The topological polar surface area (TPSA) is 0 Å². The quantitative estimate of drug-likeness (QED) is 0.536. The maximum atomic E-state index is 3.30. The first-order chi connectivity index (χ1) is 7.93. The third-order valence-electron chi connectivity index (χ3n) is 2.15. The third kappa shape index (κ3) is 14.1. The van der Waals surface area contributed by atoms with Crippen LogP contribution in [0.1, 0.15) is 39.0 Å². The molecule has 0 atom stereocenters. The molecule has 2 aliphatic carbocycles. The molecule has 0 amide bonds. The van der Waals surface area contributed by atoms with Crippen molar-refractivity contribution in [3.8, 4) is 0 Å². The molecule has 18 heavy (non-hydrogen) atoms. The van der Waals surface area contributed by atoms with Gasteiger partial charge in [0.25, 0.3) is 0 Å². The second-order valence-electron chi connectivity index (χ2n) is 3.42. The number of rotatable bonds is 3. The first kappa shape index (κ1) is 23.2. The fourth-order valence-corrected chi connectivity index (χ4v) is 1.33. The Morgan fingerprint density at radius 1 is 1.22 bits per heavy atom. The Balaban J connectivity index is -0.000000217. The average molecular weight is 338 g/mol. The van der Waals surface area contributed by atoms with E-state index in [1.165, 1.54) is 24.8 Å². The molecule has 102 valence electrons. The van der Waals surface area contributed by atoms with Crippen LogP contribution in [0.4, 0.5) is 0 Å². The SMILES string of the molecule is CCCCC1=[C-]CC=C1.[C-]1=CC=CC1.[CH3-].[CH3-].[SiH2]=[Zr]. The summed E-state index contributed by atoms with van der Waals surface area (Å²) in [6.45, 7) is 4.17. The molecule has 0 bridgehead atoms. The van der Waals surface area contributed by atoms with Crippen LogP contribution in [0.3, 0.4) is 0 Å². The zero-order valence-corrected chi connectivity index (χ0v) is 16.0. The minimum absolute atomic E-state index is 0. The van der Waals surface area contributed by atoms with Gasteiger partial charge >= 0.3 is 30.2 Å². The van der Waals surface area contributed by atoms with Crippen LogP contribution < -0.4 is 0 Å². The van der Waals surface area contributed by atoms with Gasteiger partial charge < -0.3 is 14.9 Å². The van der Waals surface area contributed by atoms with E-state index in [0.717, 1.165) is 12.8 Å². The zero-order chi connectivity index (χ0) is 12.1. The van der Waals surface area contributed by atoms with E-state index < -0.39 is 0 Å². The van der Waals surface area contributed by atoms with Crippen molar-refractivity contribution in [2.45, 2.75) is 39.0 Å². The van der Waals surface area contributed by atoms with Crippen LogP contribution in [0.5, 0.6) is 0 Å². The Morgan fingerprint density at radius 2 is 1.94 bits per heavy atom. The van der Waals surface area contributed by atoms with E-state index in [1.807, 2.05) is 19.0 Å². The first-order valence-corrected chi connectivity index (χ1v) is 11.7. The van der Waals surface area contributed by atoms with Crippen molar-refractivity contribution in [3.63, 3.8) is 0 Å². The number of unbranched alkanes of at least 4 members (excludes halogenated alkanes) is 1. The summed E-state index contributed by atoms with van der Waals surface area (Å²) in [5.74, 6) is 0. The molecule has 0 nitrogen and oxygen atoms in total. The van der Waals surface area contributed by atoms with Gasteiger partial charge in [0.05, 0.1) is 0 Å². The molecule has 0 aromatic heterocycles. The Hall–Kier alpha value is 0.0600. The van der Waals surface area contributed by atoms with Crippen LogP contribution >= 0.6 is 0 Å². The summed E-state index contributed by atoms with van der Waals surface area (Å²) in [5, 5.41) is 0. The van der Waals surface area contributed by atoms with Crippen LogP contribution in [0.15, 0.2) is 36.0 Å². The van der Waals surface area contributed by atoms with Crippen LogP contribution in [-0.4, -0.2) is 6.88 Å². The van der Waals surface area contributed by atoms with Crippen molar-refractivity contribution in [3.05, 3.63) is 63.0 Å². The molecule has 0 spiro atoms. The van der Waals surface area contributed by atoms with Gasteiger partial charge in [0.2, 0.25) is 0 Å². The number of allylic oxidation sites excluding steroid dienone is 8. The molecule has 0 unspecified atom stereocenters. The van der Waals surface area contributed by atoms with E-state index >= 15 is 0 Å². The summed E-state index contributed by atoms with van der Waals surface area (Å²) < 4.78 is 0. The van der Waals surface area contributed by atoms with Gasteiger partial charge in [-0.3, -0.25) is 12.2 Å². The molecule has 0 saturated heterocycles. The van der Waals surface area contributed by atoms with E-state index in [4.69, 9.17) is 0 Å². The number of hydrogen-bond donors (Lipinski definition) is 0. The molecule has 0 aliphatic heterocycles. The van der Waals surface area contributed by atoms with Crippen molar-refractivity contribution in [1.29, 1.82) is 0 Å². The van der Waals surface area contributed by atoms with Crippen LogP contribution in [0.25, 0.3) is 0 Å². The van der Waals surface area contributed by atoms with Gasteiger partial charge in [-0.1, -0.05) is 26.2 Å². The van der Waals surface area contributed by atoms with Gasteiger partial charge in [0.1, 0.15) is 0 Å². The fourth-order valence-electron chi connectivity index (χ4n) is 1.33. The minimum atomic E-state index is 0. The van der Waals surface area contributed by atoms with Gasteiger partial charge in [-0.05, 0) is 0 Å². The molecular weight excluding hydrogens is 311 g/mol. The average Bonchev–Trinajstić information content (AvgIpc) is 3.04. The second-order valence-corrected chi connectivity index (χ2v) is 3.42. The van der Waals surface area contributed by atoms with Crippen LogP contribution in [0, 0.1) is 27.0 Å². The summed E-state index contributed by atoms with van der Waals surface area (Å²) in [6.07, 6.45) is 22.5. The molecule has 2 heteroatoms. The molecule has 0 N–H and O–H groups in total. The second kappa shape index (κ2) is 19.4. The molecule has 0 saturated carbocycles. The third-order valence-corrected chi connectivity index (χ3v) is 2.15. The predicted octanol–water partition coefficient (Wildman–Crippen LogP) is 4.15. The number of hydrogen-bond acceptors (Lipinski definition) is 0. The van der Waals surface area contributed by atoms with E-state index in [1.54, 1.807) is 23.3 Å². The summed E-state index contributed by atoms with van der Waals surface area (Å²) in [7, 11) is 0. The summed E-state index contributed by atoms with van der Waals surface area (Å²) >= 11 is 1.58. The molecule has 0 aromatic rings. The van der Waals surface area contributed by atoms with E-state index in [2.05, 4.69) is 37.3 Å². The van der Waals surface area contributed by atoms with Gasteiger partial charge in [-0.25, -0.2) is 23.8 Å². The normalized spacial score (nSPS) is 13.2. The molecule has 0 fully saturated rings. The van der Waals surface area contributed by atoms with E-state index in [0.29, 0.717) is 0 Å². The zero-order valence-electron chi connectivity index (χ0n) is 12.1. The molecule has 0 heterocycles. The van der Waals surface area contributed by atoms with Gasteiger partial charge in [-0.2, -0.15) is 12.2 Å². The Morgan fingerprint density at radius 3 is 2.28 bits per heavy atom. The molecule has 2 aliphatic rings. The van der Waals surface area contributed by atoms with E-state index in [-0.39, 0.29) is 14.9 Å². The van der Waals surface area contributed by atoms with Crippen molar-refractivity contribution in [1.82, 2.24) is 0 Å². The van der Waals surface area contributed by atoms with Crippen molar-refractivity contribution in [2.24, 2.45) is 0 Å². The Bertz CT molecular complexity index is 265. The summed E-state index contributed by atoms with van der Waals surface area (Å²) in [4.78, 5) is 0.